The molecule has 2 heterocycles. The summed E-state index contributed by atoms with van der Waals surface area (Å²) in [6.45, 7) is 7.97. The van der Waals surface area contributed by atoms with Gasteiger partial charge in [-0.05, 0) is 74.2 Å². The highest BCUT2D eigenvalue weighted by Crippen LogP contribution is 2.25. The van der Waals surface area contributed by atoms with Crippen molar-refractivity contribution in [2.75, 3.05) is 11.1 Å². The van der Waals surface area contributed by atoms with Crippen LogP contribution in [-0.4, -0.2) is 30.8 Å². The van der Waals surface area contributed by atoms with Crippen LogP contribution in [0.3, 0.4) is 0 Å². The van der Waals surface area contributed by atoms with Crippen molar-refractivity contribution in [2.45, 2.75) is 32.9 Å². The Hall–Kier alpha value is -3.91. The summed E-state index contributed by atoms with van der Waals surface area (Å²) < 4.78 is 3.46. The molecule has 0 aliphatic rings. The van der Waals surface area contributed by atoms with Gasteiger partial charge in [0, 0.05) is 5.69 Å². The van der Waals surface area contributed by atoms with Crippen LogP contribution in [0.1, 0.15) is 22.3 Å². The standard InChI is InChI=1S/C27H25N5O2S/c1-16-12-13-18(3)21(14-16)28-24(33)15-35-27-30-29-26-31(22-11-7-8-17(2)19(22)4)25(34)20-9-5-6-10-23(20)32(26)27/h5-14H,15H2,1-4H3,(H,28,33). The van der Waals surface area contributed by atoms with Crippen molar-refractivity contribution in [1.82, 2.24) is 19.2 Å². The van der Waals surface area contributed by atoms with Crippen molar-refractivity contribution < 1.29 is 4.79 Å². The highest BCUT2D eigenvalue weighted by molar-refractivity contribution is 7.99. The second-order valence-corrected chi connectivity index (χ2v) is 9.59. The minimum Gasteiger partial charge on any atom is -0.325 e. The van der Waals surface area contributed by atoms with E-state index in [4.69, 9.17) is 0 Å². The molecular weight excluding hydrogens is 458 g/mol. The first-order valence-electron chi connectivity index (χ1n) is 11.3. The molecular formula is C27H25N5O2S. The number of carbonyl (C=O) groups is 1. The molecule has 0 atom stereocenters. The van der Waals surface area contributed by atoms with Gasteiger partial charge in [-0.2, -0.15) is 0 Å². The summed E-state index contributed by atoms with van der Waals surface area (Å²) in [7, 11) is 0. The van der Waals surface area contributed by atoms with E-state index in [0.717, 1.165) is 33.6 Å². The fraction of sp³-hybridized carbons (Fsp3) is 0.185. The predicted molar refractivity (Wildman–Crippen MR) is 141 cm³/mol. The van der Waals surface area contributed by atoms with E-state index in [0.29, 0.717) is 21.8 Å². The summed E-state index contributed by atoms with van der Waals surface area (Å²) >= 11 is 1.29. The van der Waals surface area contributed by atoms with Gasteiger partial charge >= 0.3 is 0 Å². The molecule has 1 N–H and O–H groups in total. The summed E-state index contributed by atoms with van der Waals surface area (Å²) in [5.74, 6) is 0.443. The zero-order valence-corrected chi connectivity index (χ0v) is 20.8. The zero-order chi connectivity index (χ0) is 24.7. The number of nitrogens with zero attached hydrogens (tertiary/aromatic N) is 4. The molecule has 2 aromatic heterocycles. The van der Waals surface area contributed by atoms with E-state index in [-0.39, 0.29) is 17.2 Å². The van der Waals surface area contributed by atoms with Crippen LogP contribution in [0, 0.1) is 27.7 Å². The lowest BCUT2D eigenvalue weighted by Gasteiger charge is -2.14. The predicted octanol–water partition coefficient (Wildman–Crippen LogP) is 5.00. The number of amides is 1. The van der Waals surface area contributed by atoms with Crippen LogP contribution in [0.15, 0.2) is 70.6 Å². The summed E-state index contributed by atoms with van der Waals surface area (Å²) in [4.78, 5) is 26.3. The fourth-order valence-electron chi connectivity index (χ4n) is 4.15. The van der Waals surface area contributed by atoms with E-state index in [1.807, 2.05) is 86.7 Å². The molecule has 7 nitrogen and oxygen atoms in total. The van der Waals surface area contributed by atoms with Gasteiger partial charge in [-0.25, -0.2) is 4.57 Å². The van der Waals surface area contributed by atoms with Crippen LogP contribution in [0.4, 0.5) is 5.69 Å². The number of benzene rings is 3. The van der Waals surface area contributed by atoms with Crippen molar-refractivity contribution in [3.05, 3.63) is 93.3 Å². The summed E-state index contributed by atoms with van der Waals surface area (Å²) in [6.07, 6.45) is 0. The molecule has 0 fully saturated rings. The number of carbonyl (C=O) groups excluding carboxylic acids is 1. The maximum absolute atomic E-state index is 13.6. The van der Waals surface area contributed by atoms with Gasteiger partial charge in [0.25, 0.3) is 5.56 Å². The molecule has 0 spiro atoms. The van der Waals surface area contributed by atoms with Gasteiger partial charge in [-0.1, -0.05) is 48.2 Å². The van der Waals surface area contributed by atoms with Crippen LogP contribution in [0.5, 0.6) is 0 Å². The lowest BCUT2D eigenvalue weighted by molar-refractivity contribution is -0.113. The number of hydrogen-bond donors (Lipinski definition) is 1. The smallest absolute Gasteiger partial charge is 0.267 e. The van der Waals surface area contributed by atoms with Crippen LogP contribution < -0.4 is 10.9 Å². The third-order valence-electron chi connectivity index (χ3n) is 6.21. The fourth-order valence-corrected chi connectivity index (χ4v) is 4.89. The molecule has 1 amide bonds. The third kappa shape index (κ3) is 4.10. The Morgan fingerprint density at radius 2 is 1.74 bits per heavy atom. The van der Waals surface area contributed by atoms with Crippen molar-refractivity contribution in [3.8, 4) is 5.69 Å². The van der Waals surface area contributed by atoms with Crippen molar-refractivity contribution in [3.63, 3.8) is 0 Å². The highest BCUT2D eigenvalue weighted by atomic mass is 32.2. The molecule has 0 aliphatic heterocycles. The van der Waals surface area contributed by atoms with Gasteiger partial charge in [0.05, 0.1) is 22.3 Å². The summed E-state index contributed by atoms with van der Waals surface area (Å²) in [5, 5.41) is 12.9. The number of aromatic nitrogens is 4. The Morgan fingerprint density at radius 1 is 0.943 bits per heavy atom. The lowest BCUT2D eigenvalue weighted by Crippen LogP contribution is -2.23. The molecule has 0 saturated heterocycles. The first-order valence-corrected chi connectivity index (χ1v) is 12.3. The quantitative estimate of drug-likeness (QED) is 0.356. The Morgan fingerprint density at radius 3 is 2.57 bits per heavy atom. The average Bonchev–Trinajstić information content (AvgIpc) is 3.26. The van der Waals surface area contributed by atoms with Crippen LogP contribution in [0.25, 0.3) is 22.4 Å². The van der Waals surface area contributed by atoms with Crippen molar-refractivity contribution >= 4 is 40.0 Å². The minimum atomic E-state index is -0.154. The summed E-state index contributed by atoms with van der Waals surface area (Å²) in [5.41, 5.74) is 6.28. The van der Waals surface area contributed by atoms with Crippen molar-refractivity contribution in [1.29, 1.82) is 0 Å². The number of thioether (sulfide) groups is 1. The second kappa shape index (κ2) is 9.03. The minimum absolute atomic E-state index is 0.132. The summed E-state index contributed by atoms with van der Waals surface area (Å²) in [6, 6.07) is 19.2. The van der Waals surface area contributed by atoms with Gasteiger partial charge < -0.3 is 5.32 Å². The molecule has 3 aromatic carbocycles. The van der Waals surface area contributed by atoms with Gasteiger partial charge in [0.1, 0.15) is 0 Å². The topological polar surface area (TPSA) is 81.3 Å². The maximum atomic E-state index is 13.6. The molecule has 0 unspecified atom stereocenters. The SMILES string of the molecule is Cc1ccc(C)c(NC(=O)CSc2nnc3n(-c4cccc(C)c4C)c(=O)c4ccccc4n23)c1. The Balaban J connectivity index is 1.57. The zero-order valence-electron chi connectivity index (χ0n) is 20.0. The van der Waals surface area contributed by atoms with Gasteiger partial charge in [-0.15, -0.1) is 10.2 Å². The molecule has 5 rings (SSSR count). The number of para-hydroxylation sites is 1. The largest absolute Gasteiger partial charge is 0.325 e. The Kier molecular flexibility index (Phi) is 5.90. The molecule has 8 heteroatoms. The van der Waals surface area contributed by atoms with Crippen LogP contribution >= 0.6 is 11.8 Å². The third-order valence-corrected chi connectivity index (χ3v) is 7.14. The van der Waals surface area contributed by atoms with E-state index >= 15 is 0 Å². The van der Waals surface area contributed by atoms with E-state index in [1.165, 1.54) is 11.8 Å². The normalized spacial score (nSPS) is 11.3. The van der Waals surface area contributed by atoms with Gasteiger partial charge in [0.2, 0.25) is 11.7 Å². The van der Waals surface area contributed by atoms with Crippen molar-refractivity contribution in [2.24, 2.45) is 0 Å². The maximum Gasteiger partial charge on any atom is 0.267 e. The molecule has 5 aromatic rings. The van der Waals surface area contributed by atoms with E-state index in [2.05, 4.69) is 15.5 Å². The Labute approximate surface area is 206 Å². The van der Waals surface area contributed by atoms with E-state index < -0.39 is 0 Å². The number of nitrogens with one attached hydrogen (secondary N) is 1. The Bertz CT molecular complexity index is 1670. The van der Waals surface area contributed by atoms with Gasteiger partial charge in [0.15, 0.2) is 5.16 Å². The van der Waals surface area contributed by atoms with Crippen LogP contribution in [0.2, 0.25) is 0 Å². The number of anilines is 1. The molecule has 0 saturated carbocycles. The number of aryl methyl sites for hydroxylation is 3. The number of rotatable bonds is 5. The number of fused-ring (bicyclic) bond motifs is 3. The van der Waals surface area contributed by atoms with Crippen LogP contribution in [-0.2, 0) is 4.79 Å². The lowest BCUT2D eigenvalue weighted by atomic mass is 10.1. The first-order chi connectivity index (χ1) is 16.8. The molecule has 176 valence electrons. The molecule has 0 aliphatic carbocycles. The van der Waals surface area contributed by atoms with Gasteiger partial charge in [-0.3, -0.25) is 14.0 Å². The molecule has 35 heavy (non-hydrogen) atoms. The highest BCUT2D eigenvalue weighted by Gasteiger charge is 2.20. The number of hydrogen-bond acceptors (Lipinski definition) is 5. The second-order valence-electron chi connectivity index (χ2n) is 8.65. The molecule has 0 radical (unpaired) electrons. The molecule has 0 bridgehead atoms. The average molecular weight is 484 g/mol. The van der Waals surface area contributed by atoms with E-state index in [9.17, 15) is 9.59 Å². The van der Waals surface area contributed by atoms with E-state index in [1.54, 1.807) is 10.6 Å². The monoisotopic (exact) mass is 483 g/mol. The first kappa shape index (κ1) is 22.9.